The fourth-order valence-corrected chi connectivity index (χ4v) is 3.21. The summed E-state index contributed by atoms with van der Waals surface area (Å²) < 4.78 is 49.5. The molecule has 1 aromatic heterocycles. The van der Waals surface area contributed by atoms with E-state index in [9.17, 15) is 16.8 Å². The molecule has 0 fully saturated rings. The quantitative estimate of drug-likeness (QED) is 0.872. The van der Waals surface area contributed by atoms with Crippen LogP contribution >= 0.6 is 0 Å². The Morgan fingerprint density at radius 3 is 2.40 bits per heavy atom. The molecular weight excluding hydrogens is 302 g/mol. The van der Waals surface area contributed by atoms with Crippen LogP contribution in [-0.2, 0) is 19.9 Å². The lowest BCUT2D eigenvalue weighted by Crippen LogP contribution is -2.13. The molecule has 2 aromatic rings. The van der Waals surface area contributed by atoms with E-state index < -0.39 is 19.9 Å². The molecule has 0 aliphatic carbocycles. The van der Waals surface area contributed by atoms with Crippen molar-refractivity contribution < 1.29 is 16.8 Å². The molecular formula is C11H13N3O4S2. The van der Waals surface area contributed by atoms with Crippen LogP contribution in [0, 0.1) is 6.92 Å². The number of aromatic nitrogens is 2. The first kappa shape index (κ1) is 14.5. The topological polar surface area (TPSA) is 109 Å². The molecule has 1 aromatic carbocycles. The lowest BCUT2D eigenvalue weighted by molar-refractivity contribution is 0.599. The minimum absolute atomic E-state index is 0.0262. The van der Waals surface area contributed by atoms with Crippen molar-refractivity contribution >= 4 is 25.5 Å². The number of hydrogen-bond donors (Lipinski definition) is 2. The smallest absolute Gasteiger partial charge is 0.265 e. The fraction of sp³-hybridized carbons (Fsp3) is 0.182. The van der Waals surface area contributed by atoms with Crippen LogP contribution in [0.2, 0.25) is 0 Å². The van der Waals surface area contributed by atoms with Gasteiger partial charge < -0.3 is 0 Å². The highest BCUT2D eigenvalue weighted by molar-refractivity contribution is 7.92. The average molecular weight is 315 g/mol. The Morgan fingerprint density at radius 2 is 1.85 bits per heavy atom. The lowest BCUT2D eigenvalue weighted by atomic mass is 10.2. The van der Waals surface area contributed by atoms with Gasteiger partial charge in [-0.3, -0.25) is 9.82 Å². The Morgan fingerprint density at radius 1 is 1.15 bits per heavy atom. The number of H-pyrrole nitrogens is 1. The molecule has 0 aliphatic heterocycles. The second-order valence-electron chi connectivity index (χ2n) is 4.29. The van der Waals surface area contributed by atoms with Gasteiger partial charge in [-0.05, 0) is 24.6 Å². The van der Waals surface area contributed by atoms with Crippen molar-refractivity contribution in [2.24, 2.45) is 0 Å². The van der Waals surface area contributed by atoms with Crippen LogP contribution in [0.25, 0.3) is 0 Å². The molecule has 9 heteroatoms. The van der Waals surface area contributed by atoms with Crippen molar-refractivity contribution in [1.82, 2.24) is 10.2 Å². The van der Waals surface area contributed by atoms with E-state index in [4.69, 9.17) is 0 Å². The Bertz CT molecular complexity index is 825. The second kappa shape index (κ2) is 4.91. The summed E-state index contributed by atoms with van der Waals surface area (Å²) >= 11 is 0. The van der Waals surface area contributed by atoms with E-state index in [-0.39, 0.29) is 15.5 Å². The lowest BCUT2D eigenvalue weighted by Gasteiger charge is -2.10. The number of nitrogens with one attached hydrogen (secondary N) is 2. The molecule has 0 unspecified atom stereocenters. The first-order valence-corrected chi connectivity index (χ1v) is 8.90. The van der Waals surface area contributed by atoms with Gasteiger partial charge >= 0.3 is 0 Å². The molecule has 2 rings (SSSR count). The number of sulfonamides is 1. The first-order valence-electron chi connectivity index (χ1n) is 5.52. The van der Waals surface area contributed by atoms with Crippen molar-refractivity contribution in [1.29, 1.82) is 0 Å². The number of anilines is 1. The maximum Gasteiger partial charge on any atom is 0.265 e. The SMILES string of the molecule is Cc1ccc(S(C)(=O)=O)cc1NS(=O)(=O)c1cn[nH]c1. The molecule has 0 saturated heterocycles. The van der Waals surface area contributed by atoms with Gasteiger partial charge in [-0.1, -0.05) is 6.07 Å². The number of aryl methyl sites for hydroxylation is 1. The molecule has 20 heavy (non-hydrogen) atoms. The maximum absolute atomic E-state index is 12.1. The van der Waals surface area contributed by atoms with Gasteiger partial charge in [0.15, 0.2) is 9.84 Å². The Hall–Kier alpha value is -1.87. The predicted octanol–water partition coefficient (Wildman–Crippen LogP) is 0.922. The Labute approximate surface area is 117 Å². The third-order valence-electron chi connectivity index (χ3n) is 2.66. The van der Waals surface area contributed by atoms with Gasteiger partial charge in [0.2, 0.25) is 0 Å². The molecule has 1 heterocycles. The van der Waals surface area contributed by atoms with Crippen molar-refractivity contribution in [2.75, 3.05) is 11.0 Å². The Kier molecular flexibility index (Phi) is 3.57. The fourth-order valence-electron chi connectivity index (χ4n) is 1.53. The van der Waals surface area contributed by atoms with Gasteiger partial charge in [-0.25, -0.2) is 16.8 Å². The molecule has 7 nitrogen and oxygen atoms in total. The standard InChI is InChI=1S/C11H13N3O4S2/c1-8-3-4-9(19(2,15)16)5-11(8)14-20(17,18)10-6-12-13-7-10/h3-7,14H,1-2H3,(H,12,13). The van der Waals surface area contributed by atoms with E-state index in [0.29, 0.717) is 5.56 Å². The molecule has 2 N–H and O–H groups in total. The summed E-state index contributed by atoms with van der Waals surface area (Å²) in [5, 5.41) is 5.98. The van der Waals surface area contributed by atoms with Crippen LogP contribution in [0.3, 0.4) is 0 Å². The van der Waals surface area contributed by atoms with E-state index in [2.05, 4.69) is 14.9 Å². The molecule has 0 spiro atoms. The van der Waals surface area contributed by atoms with Crippen LogP contribution in [-0.4, -0.2) is 33.3 Å². The normalized spacial score (nSPS) is 12.3. The van der Waals surface area contributed by atoms with E-state index in [1.807, 2.05) is 0 Å². The number of benzene rings is 1. The summed E-state index contributed by atoms with van der Waals surface area (Å²) in [5.41, 5.74) is 0.832. The summed E-state index contributed by atoms with van der Waals surface area (Å²) in [6.45, 7) is 1.68. The zero-order chi connectivity index (χ0) is 15.0. The van der Waals surface area contributed by atoms with E-state index in [1.54, 1.807) is 13.0 Å². The first-order chi connectivity index (χ1) is 9.20. The van der Waals surface area contributed by atoms with Crippen LogP contribution in [0.5, 0.6) is 0 Å². The number of rotatable bonds is 4. The van der Waals surface area contributed by atoms with Crippen LogP contribution in [0.4, 0.5) is 5.69 Å². The summed E-state index contributed by atoms with van der Waals surface area (Å²) in [4.78, 5) is 0.0228. The number of aromatic amines is 1. The molecule has 108 valence electrons. The van der Waals surface area contributed by atoms with Gasteiger partial charge in [0.1, 0.15) is 4.90 Å². The molecule has 0 aliphatic rings. The molecule has 0 bridgehead atoms. The third kappa shape index (κ3) is 2.99. The van der Waals surface area contributed by atoms with Crippen molar-refractivity contribution in [2.45, 2.75) is 16.7 Å². The average Bonchev–Trinajstić information content (AvgIpc) is 2.84. The minimum atomic E-state index is -3.79. The highest BCUT2D eigenvalue weighted by atomic mass is 32.2. The zero-order valence-electron chi connectivity index (χ0n) is 10.8. The van der Waals surface area contributed by atoms with Crippen molar-refractivity contribution in [3.8, 4) is 0 Å². The highest BCUT2D eigenvalue weighted by Gasteiger charge is 2.17. The number of hydrogen-bond acceptors (Lipinski definition) is 5. The third-order valence-corrected chi connectivity index (χ3v) is 5.11. The minimum Gasteiger partial charge on any atom is -0.284 e. The van der Waals surface area contributed by atoms with Crippen LogP contribution in [0.1, 0.15) is 5.56 Å². The summed E-state index contributed by atoms with van der Waals surface area (Å²) in [6.07, 6.45) is 3.46. The Balaban J connectivity index is 2.44. The summed E-state index contributed by atoms with van der Waals surface area (Å²) in [5.74, 6) is 0. The molecule has 0 saturated carbocycles. The second-order valence-corrected chi connectivity index (χ2v) is 7.99. The van der Waals surface area contributed by atoms with Crippen LogP contribution < -0.4 is 4.72 Å². The molecule has 0 amide bonds. The van der Waals surface area contributed by atoms with Gasteiger partial charge in [0.05, 0.1) is 16.8 Å². The predicted molar refractivity (Wildman–Crippen MR) is 73.7 cm³/mol. The zero-order valence-corrected chi connectivity index (χ0v) is 12.4. The van der Waals surface area contributed by atoms with E-state index >= 15 is 0 Å². The van der Waals surface area contributed by atoms with Gasteiger partial charge in [0, 0.05) is 12.5 Å². The molecule has 0 atom stereocenters. The van der Waals surface area contributed by atoms with Crippen molar-refractivity contribution in [3.05, 3.63) is 36.2 Å². The number of nitrogens with zero attached hydrogens (tertiary/aromatic N) is 1. The molecule has 0 radical (unpaired) electrons. The maximum atomic E-state index is 12.1. The summed E-state index contributed by atoms with van der Waals surface area (Å²) in [7, 11) is -7.20. The van der Waals surface area contributed by atoms with Gasteiger partial charge in [-0.15, -0.1) is 0 Å². The van der Waals surface area contributed by atoms with Gasteiger partial charge in [-0.2, -0.15) is 5.10 Å². The van der Waals surface area contributed by atoms with Crippen molar-refractivity contribution in [3.63, 3.8) is 0 Å². The van der Waals surface area contributed by atoms with E-state index in [1.165, 1.54) is 18.3 Å². The van der Waals surface area contributed by atoms with E-state index in [0.717, 1.165) is 12.5 Å². The highest BCUT2D eigenvalue weighted by Crippen LogP contribution is 2.23. The summed E-state index contributed by atoms with van der Waals surface area (Å²) in [6, 6.07) is 4.27. The number of sulfone groups is 1. The monoisotopic (exact) mass is 315 g/mol. The van der Waals surface area contributed by atoms with Crippen LogP contribution in [0.15, 0.2) is 40.4 Å². The largest absolute Gasteiger partial charge is 0.284 e. The van der Waals surface area contributed by atoms with Gasteiger partial charge in [0.25, 0.3) is 10.0 Å².